The van der Waals surface area contributed by atoms with Crippen LogP contribution in [0.3, 0.4) is 0 Å². The van der Waals surface area contributed by atoms with Crippen LogP contribution in [0.1, 0.15) is 50.6 Å². The minimum Gasteiger partial charge on any atom is -0.348 e. The first-order chi connectivity index (χ1) is 15.6. The number of thiophene rings is 1. The van der Waals surface area contributed by atoms with Gasteiger partial charge in [0.05, 0.1) is 5.75 Å². The highest BCUT2D eigenvalue weighted by Gasteiger charge is 2.21. The number of ketones is 1. The molecule has 1 aromatic carbocycles. The molecule has 0 amide bonds. The third-order valence-corrected chi connectivity index (χ3v) is 8.59. The molecule has 6 heteroatoms. The predicted molar refractivity (Wildman–Crippen MR) is 133 cm³/mol. The van der Waals surface area contributed by atoms with E-state index in [1.807, 2.05) is 12.1 Å². The Kier molecular flexibility index (Phi) is 6.15. The summed E-state index contributed by atoms with van der Waals surface area (Å²) in [5, 5.41) is 2.15. The topological polar surface area (TPSA) is 47.8 Å². The maximum Gasteiger partial charge on any atom is 0.174 e. The molecule has 0 radical (unpaired) electrons. The first-order valence-electron chi connectivity index (χ1n) is 11.2. The van der Waals surface area contributed by atoms with Gasteiger partial charge >= 0.3 is 0 Å². The number of aryl methyl sites for hydroxylation is 4. The molecule has 3 aromatic heterocycles. The highest BCUT2D eigenvalue weighted by atomic mass is 32.2. The van der Waals surface area contributed by atoms with E-state index in [9.17, 15) is 4.79 Å². The van der Waals surface area contributed by atoms with Crippen molar-refractivity contribution in [3.8, 4) is 0 Å². The molecule has 0 unspecified atom stereocenters. The molecule has 0 fully saturated rings. The highest BCUT2D eigenvalue weighted by molar-refractivity contribution is 8.00. The van der Waals surface area contributed by atoms with Gasteiger partial charge in [0, 0.05) is 33.8 Å². The molecule has 4 nitrogen and oxygen atoms in total. The standard InChI is InChI=1S/C26H27N3OS2/c1-17-14-21(18(2)29(17)13-12-19-8-4-3-5-9-19)22(30)15-31-25-24-20-10-6-7-11-23(20)32-26(24)28-16-27-25/h3-5,8-9,14,16H,6-7,10-13,15H2,1-2H3. The summed E-state index contributed by atoms with van der Waals surface area (Å²) in [6.07, 6.45) is 7.34. The third-order valence-electron chi connectivity index (χ3n) is 6.40. The van der Waals surface area contributed by atoms with Crippen molar-refractivity contribution < 1.29 is 4.79 Å². The van der Waals surface area contributed by atoms with Crippen LogP contribution >= 0.6 is 23.1 Å². The molecule has 3 heterocycles. The van der Waals surface area contributed by atoms with Crippen LogP contribution < -0.4 is 0 Å². The Balaban J connectivity index is 1.32. The van der Waals surface area contributed by atoms with E-state index in [2.05, 4.69) is 52.6 Å². The maximum atomic E-state index is 13.2. The summed E-state index contributed by atoms with van der Waals surface area (Å²) >= 11 is 3.36. The number of fused-ring (bicyclic) bond motifs is 3. The smallest absolute Gasteiger partial charge is 0.174 e. The van der Waals surface area contributed by atoms with Crippen LogP contribution in [0.4, 0.5) is 0 Å². The Morgan fingerprint density at radius 2 is 1.94 bits per heavy atom. The molecule has 0 spiro atoms. The Bertz CT molecular complexity index is 1270. The van der Waals surface area contributed by atoms with Gasteiger partial charge in [0.1, 0.15) is 16.2 Å². The fraction of sp³-hybridized carbons (Fsp3) is 0.346. The van der Waals surface area contributed by atoms with E-state index in [1.165, 1.54) is 34.2 Å². The van der Waals surface area contributed by atoms with Crippen molar-refractivity contribution in [3.63, 3.8) is 0 Å². The molecule has 1 aliphatic carbocycles. The number of hydrogen-bond donors (Lipinski definition) is 0. The number of rotatable bonds is 7. The monoisotopic (exact) mass is 461 g/mol. The normalized spacial score (nSPS) is 13.4. The summed E-state index contributed by atoms with van der Waals surface area (Å²) in [5.74, 6) is 0.574. The van der Waals surface area contributed by atoms with Crippen LogP contribution in [0.25, 0.3) is 10.2 Å². The fourth-order valence-electron chi connectivity index (χ4n) is 4.70. The van der Waals surface area contributed by atoms with Gasteiger partial charge in [-0.2, -0.15) is 0 Å². The average molecular weight is 462 g/mol. The van der Waals surface area contributed by atoms with E-state index in [4.69, 9.17) is 0 Å². The van der Waals surface area contributed by atoms with Crippen LogP contribution in [0.15, 0.2) is 47.8 Å². The lowest BCUT2D eigenvalue weighted by molar-refractivity contribution is 0.102. The van der Waals surface area contributed by atoms with Crippen molar-refractivity contribution in [2.45, 2.75) is 57.5 Å². The van der Waals surface area contributed by atoms with Crippen molar-refractivity contribution in [3.05, 3.63) is 75.7 Å². The van der Waals surface area contributed by atoms with Gasteiger partial charge in [0.25, 0.3) is 0 Å². The largest absolute Gasteiger partial charge is 0.348 e. The van der Waals surface area contributed by atoms with Crippen molar-refractivity contribution in [1.29, 1.82) is 0 Å². The molecule has 0 atom stereocenters. The maximum absolute atomic E-state index is 13.2. The lowest BCUT2D eigenvalue weighted by Crippen LogP contribution is -2.08. The number of Topliss-reactive ketones (excluding diaryl/α,β-unsaturated/α-hetero) is 1. The average Bonchev–Trinajstić information content (AvgIpc) is 3.34. The number of carbonyl (C=O) groups is 1. The van der Waals surface area contributed by atoms with E-state index >= 15 is 0 Å². The summed E-state index contributed by atoms with van der Waals surface area (Å²) < 4.78 is 2.27. The molecule has 4 aromatic rings. The second-order valence-corrected chi connectivity index (χ2v) is 10.5. The molecular weight excluding hydrogens is 434 g/mol. The van der Waals surface area contributed by atoms with Crippen LogP contribution in [0, 0.1) is 13.8 Å². The Morgan fingerprint density at radius 1 is 1.12 bits per heavy atom. The second-order valence-electron chi connectivity index (χ2n) is 8.45. The van der Waals surface area contributed by atoms with Gasteiger partial charge in [-0.05, 0) is 63.1 Å². The summed E-state index contributed by atoms with van der Waals surface area (Å²) in [6.45, 7) is 5.04. The minimum atomic E-state index is 0.171. The van der Waals surface area contributed by atoms with Crippen LogP contribution in [0.5, 0.6) is 0 Å². The quantitative estimate of drug-likeness (QED) is 0.187. The Labute approximate surface area is 197 Å². The summed E-state index contributed by atoms with van der Waals surface area (Å²) in [5.41, 5.74) is 5.77. The molecule has 1 aliphatic rings. The number of benzene rings is 1. The number of nitrogens with zero attached hydrogens (tertiary/aromatic N) is 3. The van der Waals surface area contributed by atoms with E-state index in [0.29, 0.717) is 5.75 Å². The summed E-state index contributed by atoms with van der Waals surface area (Å²) in [6, 6.07) is 12.6. The van der Waals surface area contributed by atoms with Crippen molar-refractivity contribution in [2.75, 3.05) is 5.75 Å². The zero-order valence-electron chi connectivity index (χ0n) is 18.6. The lowest BCUT2D eigenvalue weighted by atomic mass is 9.97. The Morgan fingerprint density at radius 3 is 2.78 bits per heavy atom. The van der Waals surface area contributed by atoms with Gasteiger partial charge in [-0.15, -0.1) is 11.3 Å². The van der Waals surface area contributed by atoms with Gasteiger partial charge in [0.2, 0.25) is 0 Å². The Hall–Kier alpha value is -2.44. The van der Waals surface area contributed by atoms with Crippen LogP contribution in [0.2, 0.25) is 0 Å². The summed E-state index contributed by atoms with van der Waals surface area (Å²) in [4.78, 5) is 24.8. The number of thioether (sulfide) groups is 1. The van der Waals surface area contributed by atoms with Gasteiger partial charge in [-0.1, -0.05) is 42.1 Å². The second kappa shape index (κ2) is 9.20. The molecular formula is C26H27N3OS2. The van der Waals surface area contributed by atoms with Gasteiger partial charge in [-0.3, -0.25) is 4.79 Å². The zero-order chi connectivity index (χ0) is 22.1. The van der Waals surface area contributed by atoms with E-state index in [-0.39, 0.29) is 5.78 Å². The van der Waals surface area contributed by atoms with E-state index in [0.717, 1.165) is 52.6 Å². The first kappa shape index (κ1) is 21.4. The first-order valence-corrected chi connectivity index (χ1v) is 13.0. The molecule has 5 rings (SSSR count). The van der Waals surface area contributed by atoms with E-state index < -0.39 is 0 Å². The fourth-order valence-corrected chi connectivity index (χ4v) is 6.90. The van der Waals surface area contributed by atoms with Gasteiger partial charge < -0.3 is 4.57 Å². The molecule has 32 heavy (non-hydrogen) atoms. The third kappa shape index (κ3) is 4.14. The molecule has 0 aliphatic heterocycles. The lowest BCUT2D eigenvalue weighted by Gasteiger charge is -2.11. The van der Waals surface area contributed by atoms with E-state index in [1.54, 1.807) is 29.4 Å². The summed E-state index contributed by atoms with van der Waals surface area (Å²) in [7, 11) is 0. The SMILES string of the molecule is Cc1cc(C(=O)CSc2ncnc3sc4c(c23)CCCC4)c(C)n1CCc1ccccc1. The molecule has 0 bridgehead atoms. The van der Waals surface area contributed by atoms with Crippen LogP contribution in [-0.2, 0) is 25.8 Å². The van der Waals surface area contributed by atoms with Gasteiger partial charge in [-0.25, -0.2) is 9.97 Å². The molecule has 0 saturated carbocycles. The number of aromatic nitrogens is 3. The predicted octanol–water partition coefficient (Wildman–Crippen LogP) is 6.21. The van der Waals surface area contributed by atoms with Crippen molar-refractivity contribution >= 4 is 39.1 Å². The van der Waals surface area contributed by atoms with Crippen molar-refractivity contribution in [2.24, 2.45) is 0 Å². The molecule has 0 saturated heterocycles. The minimum absolute atomic E-state index is 0.171. The molecule has 164 valence electrons. The molecule has 0 N–H and O–H groups in total. The van der Waals surface area contributed by atoms with Crippen LogP contribution in [-0.4, -0.2) is 26.1 Å². The number of carbonyl (C=O) groups excluding carboxylic acids is 1. The van der Waals surface area contributed by atoms with Gasteiger partial charge in [0.15, 0.2) is 5.78 Å². The highest BCUT2D eigenvalue weighted by Crippen LogP contribution is 2.39. The number of hydrogen-bond acceptors (Lipinski definition) is 5. The zero-order valence-corrected chi connectivity index (χ0v) is 20.2. The van der Waals surface area contributed by atoms with Crippen molar-refractivity contribution in [1.82, 2.24) is 14.5 Å².